The van der Waals surface area contributed by atoms with Gasteiger partial charge in [-0.05, 0) is 50.5 Å². The number of hydrogen-bond donors (Lipinski definition) is 1. The molecule has 0 amide bonds. The molecule has 2 heterocycles. The van der Waals surface area contributed by atoms with Crippen molar-refractivity contribution in [3.05, 3.63) is 53.0 Å². The molecule has 0 aliphatic rings. The normalized spacial score (nSPS) is 11.8. The van der Waals surface area contributed by atoms with Gasteiger partial charge in [-0.25, -0.2) is 8.42 Å². The Balaban J connectivity index is 2.15. The van der Waals surface area contributed by atoms with Gasteiger partial charge in [0, 0.05) is 6.20 Å². The lowest BCUT2D eigenvalue weighted by atomic mass is 10.1. The first-order chi connectivity index (χ1) is 10.8. The molecule has 120 valence electrons. The molecule has 23 heavy (non-hydrogen) atoms. The van der Waals surface area contributed by atoms with Gasteiger partial charge in [-0.1, -0.05) is 17.7 Å². The van der Waals surface area contributed by atoms with E-state index in [-0.39, 0.29) is 0 Å². The van der Waals surface area contributed by atoms with E-state index in [1.807, 2.05) is 32.0 Å². The standard InChI is InChI=1S/C16H18N4O2S/c1-10-7-12(3)15(13(4)8-10)23(21,22)19-14-11(2)5-6-20-9-17-18-16(14)20/h5-9,19H,1-4H3. The number of rotatable bonds is 3. The summed E-state index contributed by atoms with van der Waals surface area (Å²) in [4.78, 5) is 0.309. The van der Waals surface area contributed by atoms with E-state index < -0.39 is 10.0 Å². The number of pyridine rings is 1. The number of nitrogens with one attached hydrogen (secondary N) is 1. The quantitative estimate of drug-likeness (QED) is 0.801. The highest BCUT2D eigenvalue weighted by atomic mass is 32.2. The van der Waals surface area contributed by atoms with E-state index in [0.717, 1.165) is 22.3 Å². The Morgan fingerprint density at radius 3 is 2.35 bits per heavy atom. The van der Waals surface area contributed by atoms with Crippen LogP contribution in [-0.2, 0) is 10.0 Å². The summed E-state index contributed by atoms with van der Waals surface area (Å²) in [6, 6.07) is 5.56. The molecule has 6 nitrogen and oxygen atoms in total. The molecule has 2 aromatic heterocycles. The zero-order valence-corrected chi connectivity index (χ0v) is 14.3. The van der Waals surface area contributed by atoms with Crippen LogP contribution in [0.1, 0.15) is 22.3 Å². The molecule has 3 rings (SSSR count). The molecular formula is C16H18N4O2S. The summed E-state index contributed by atoms with van der Waals surface area (Å²) in [5.74, 6) is 0. The predicted octanol–water partition coefficient (Wildman–Crippen LogP) is 2.76. The van der Waals surface area contributed by atoms with Crippen LogP contribution in [0.2, 0.25) is 0 Å². The van der Waals surface area contributed by atoms with Crippen molar-refractivity contribution in [3.8, 4) is 0 Å². The average molecular weight is 330 g/mol. The first-order valence-corrected chi connectivity index (χ1v) is 8.67. The molecule has 0 aliphatic carbocycles. The zero-order valence-electron chi connectivity index (χ0n) is 13.5. The fourth-order valence-corrected chi connectivity index (χ4v) is 4.47. The van der Waals surface area contributed by atoms with Gasteiger partial charge in [-0.3, -0.25) is 9.12 Å². The average Bonchev–Trinajstić information content (AvgIpc) is 2.89. The molecule has 1 N–H and O–H groups in total. The Labute approximate surface area is 135 Å². The minimum absolute atomic E-state index is 0.309. The van der Waals surface area contributed by atoms with Gasteiger partial charge in [0.05, 0.1) is 10.6 Å². The molecule has 0 atom stereocenters. The molecule has 0 fully saturated rings. The summed E-state index contributed by atoms with van der Waals surface area (Å²) in [6.45, 7) is 7.39. The maximum absolute atomic E-state index is 12.9. The second-order valence-corrected chi connectivity index (χ2v) is 7.39. The maximum atomic E-state index is 12.9. The number of sulfonamides is 1. The summed E-state index contributed by atoms with van der Waals surface area (Å²) in [7, 11) is -3.71. The molecule has 0 radical (unpaired) electrons. The third-order valence-corrected chi connectivity index (χ3v) is 5.44. The van der Waals surface area contributed by atoms with Crippen molar-refractivity contribution in [2.24, 2.45) is 0 Å². The van der Waals surface area contributed by atoms with Crippen molar-refractivity contribution in [3.63, 3.8) is 0 Å². The molecule has 0 unspecified atom stereocenters. The van der Waals surface area contributed by atoms with Crippen LogP contribution in [0, 0.1) is 27.7 Å². The van der Waals surface area contributed by atoms with Crippen molar-refractivity contribution in [1.82, 2.24) is 14.6 Å². The number of benzene rings is 1. The minimum Gasteiger partial charge on any atom is -0.287 e. The molecule has 1 aromatic carbocycles. The van der Waals surface area contributed by atoms with Crippen LogP contribution < -0.4 is 4.72 Å². The van der Waals surface area contributed by atoms with Gasteiger partial charge in [0.15, 0.2) is 5.65 Å². The fraction of sp³-hybridized carbons (Fsp3) is 0.250. The number of aromatic nitrogens is 3. The van der Waals surface area contributed by atoms with Gasteiger partial charge in [0.2, 0.25) is 0 Å². The lowest BCUT2D eigenvalue weighted by molar-refractivity contribution is 0.600. The van der Waals surface area contributed by atoms with Crippen LogP contribution in [0.4, 0.5) is 5.69 Å². The van der Waals surface area contributed by atoms with Crippen molar-refractivity contribution in [2.75, 3.05) is 4.72 Å². The Hall–Kier alpha value is -2.41. The summed E-state index contributed by atoms with van der Waals surface area (Å²) < 4.78 is 30.2. The highest BCUT2D eigenvalue weighted by molar-refractivity contribution is 7.92. The first-order valence-electron chi connectivity index (χ1n) is 7.19. The molecule has 0 saturated heterocycles. The molecule has 0 bridgehead atoms. The van der Waals surface area contributed by atoms with E-state index in [1.165, 1.54) is 6.33 Å². The SMILES string of the molecule is Cc1cc(C)c(S(=O)(=O)Nc2c(C)ccn3cnnc23)c(C)c1. The van der Waals surface area contributed by atoms with Crippen molar-refractivity contribution >= 4 is 21.4 Å². The van der Waals surface area contributed by atoms with Crippen molar-refractivity contribution in [1.29, 1.82) is 0 Å². The summed E-state index contributed by atoms with van der Waals surface area (Å²) in [6.07, 6.45) is 3.33. The Morgan fingerprint density at radius 1 is 1.04 bits per heavy atom. The van der Waals surface area contributed by atoms with E-state index >= 15 is 0 Å². The second kappa shape index (κ2) is 5.34. The number of aryl methyl sites for hydroxylation is 4. The van der Waals surface area contributed by atoms with Gasteiger partial charge >= 0.3 is 0 Å². The van der Waals surface area contributed by atoms with E-state index in [9.17, 15) is 8.42 Å². The predicted molar refractivity (Wildman–Crippen MR) is 89.2 cm³/mol. The van der Waals surface area contributed by atoms with E-state index in [2.05, 4.69) is 14.9 Å². The van der Waals surface area contributed by atoms with Gasteiger partial charge in [-0.2, -0.15) is 0 Å². The van der Waals surface area contributed by atoms with Gasteiger partial charge < -0.3 is 0 Å². The van der Waals surface area contributed by atoms with Gasteiger partial charge in [0.1, 0.15) is 6.33 Å². The number of hydrogen-bond acceptors (Lipinski definition) is 4. The highest BCUT2D eigenvalue weighted by Crippen LogP contribution is 2.27. The number of nitrogens with zero attached hydrogens (tertiary/aromatic N) is 3. The summed E-state index contributed by atoms with van der Waals surface area (Å²) in [5.41, 5.74) is 4.20. The van der Waals surface area contributed by atoms with E-state index in [1.54, 1.807) is 24.4 Å². The topological polar surface area (TPSA) is 76.4 Å². The Kier molecular flexibility index (Phi) is 3.60. The molecule has 0 spiro atoms. The largest absolute Gasteiger partial charge is 0.287 e. The molecular weight excluding hydrogens is 312 g/mol. The second-order valence-electron chi connectivity index (χ2n) is 5.77. The van der Waals surface area contributed by atoms with Crippen LogP contribution in [0.15, 0.2) is 35.6 Å². The van der Waals surface area contributed by atoms with Gasteiger partial charge in [0.25, 0.3) is 10.0 Å². The van der Waals surface area contributed by atoms with Crippen LogP contribution in [0.3, 0.4) is 0 Å². The van der Waals surface area contributed by atoms with Crippen molar-refractivity contribution in [2.45, 2.75) is 32.6 Å². The lowest BCUT2D eigenvalue weighted by Gasteiger charge is -2.15. The third-order valence-electron chi connectivity index (χ3n) is 3.79. The fourth-order valence-electron chi connectivity index (χ4n) is 2.88. The number of anilines is 1. The van der Waals surface area contributed by atoms with Crippen LogP contribution in [0.25, 0.3) is 5.65 Å². The van der Waals surface area contributed by atoms with Crippen LogP contribution in [-0.4, -0.2) is 23.0 Å². The van der Waals surface area contributed by atoms with Gasteiger partial charge in [-0.15, -0.1) is 10.2 Å². The lowest BCUT2D eigenvalue weighted by Crippen LogP contribution is -2.17. The summed E-state index contributed by atoms with van der Waals surface area (Å²) in [5, 5.41) is 7.83. The Bertz CT molecular complexity index is 983. The molecule has 0 aliphatic heterocycles. The van der Waals surface area contributed by atoms with Crippen LogP contribution >= 0.6 is 0 Å². The third kappa shape index (κ3) is 2.68. The highest BCUT2D eigenvalue weighted by Gasteiger charge is 2.22. The Morgan fingerprint density at radius 2 is 1.70 bits per heavy atom. The maximum Gasteiger partial charge on any atom is 0.262 e. The first kappa shape index (κ1) is 15.5. The molecule has 7 heteroatoms. The number of fused-ring (bicyclic) bond motifs is 1. The smallest absolute Gasteiger partial charge is 0.262 e. The van der Waals surface area contributed by atoms with Crippen molar-refractivity contribution < 1.29 is 8.42 Å². The molecule has 3 aromatic rings. The minimum atomic E-state index is -3.71. The zero-order chi connectivity index (χ0) is 16.8. The van der Waals surface area contributed by atoms with E-state index in [0.29, 0.717) is 16.2 Å². The molecule has 0 saturated carbocycles. The summed E-state index contributed by atoms with van der Waals surface area (Å²) >= 11 is 0. The van der Waals surface area contributed by atoms with Crippen LogP contribution in [0.5, 0.6) is 0 Å². The monoisotopic (exact) mass is 330 g/mol. The van der Waals surface area contributed by atoms with E-state index in [4.69, 9.17) is 0 Å².